The summed E-state index contributed by atoms with van der Waals surface area (Å²) in [6.45, 7) is 8.94. The van der Waals surface area contributed by atoms with Crippen molar-refractivity contribution in [3.05, 3.63) is 23.6 Å². The van der Waals surface area contributed by atoms with Gasteiger partial charge in [-0.15, -0.1) is 0 Å². The van der Waals surface area contributed by atoms with Crippen LogP contribution in [0.3, 0.4) is 0 Å². The third-order valence-electron chi connectivity index (χ3n) is 4.39. The molecule has 0 saturated carbocycles. The van der Waals surface area contributed by atoms with Crippen molar-refractivity contribution in [2.45, 2.75) is 70.8 Å². The van der Waals surface area contributed by atoms with Gasteiger partial charge >= 0.3 is 6.18 Å². The maximum absolute atomic E-state index is 14.1. The van der Waals surface area contributed by atoms with Gasteiger partial charge in [-0.25, -0.2) is 9.37 Å². The molecule has 0 atom stereocenters. The van der Waals surface area contributed by atoms with Crippen LogP contribution in [0.2, 0.25) is 0 Å². The zero-order valence-electron chi connectivity index (χ0n) is 14.4. The zero-order chi connectivity index (χ0) is 18.6. The number of hydrogen-bond acceptors (Lipinski definition) is 4. The van der Waals surface area contributed by atoms with Crippen molar-refractivity contribution in [3.8, 4) is 5.88 Å². The van der Waals surface area contributed by atoms with Crippen LogP contribution >= 0.6 is 0 Å². The van der Waals surface area contributed by atoms with E-state index in [9.17, 15) is 17.6 Å². The molecule has 1 aromatic heterocycles. The van der Waals surface area contributed by atoms with Crippen molar-refractivity contribution >= 4 is 0 Å². The molecule has 8 heteroatoms. The smallest absolute Gasteiger partial charge is 0.427 e. The van der Waals surface area contributed by atoms with Crippen LogP contribution in [-0.2, 0) is 9.47 Å². The highest BCUT2D eigenvalue weighted by Gasteiger charge is 2.51. The predicted octanol–water partition coefficient (Wildman–Crippen LogP) is 4.54. The van der Waals surface area contributed by atoms with Crippen LogP contribution < -0.4 is 4.74 Å². The lowest BCUT2D eigenvalue weighted by atomic mass is 9.90. The number of pyridine rings is 1. The van der Waals surface area contributed by atoms with E-state index in [1.54, 1.807) is 0 Å². The average Bonchev–Trinajstić information content (AvgIpc) is 2.59. The summed E-state index contributed by atoms with van der Waals surface area (Å²) in [6.07, 6.45) is -4.33. The summed E-state index contributed by atoms with van der Waals surface area (Å²) >= 11 is 0. The normalized spacial score (nSPS) is 21.1. The molecule has 0 radical (unpaired) electrons. The average molecular weight is 351 g/mol. The first-order valence-electron chi connectivity index (χ1n) is 7.43. The molecule has 2 heterocycles. The summed E-state index contributed by atoms with van der Waals surface area (Å²) in [5.74, 6) is -1.74. The fraction of sp³-hybridized carbons (Fsp3) is 0.688. The van der Waals surface area contributed by atoms with E-state index in [4.69, 9.17) is 14.2 Å². The Bertz CT molecular complexity index is 610. The zero-order valence-corrected chi connectivity index (χ0v) is 14.4. The summed E-state index contributed by atoms with van der Waals surface area (Å²) in [5.41, 5.74) is -3.54. The lowest BCUT2D eigenvalue weighted by molar-refractivity contribution is -0.235. The molecule has 4 nitrogen and oxygen atoms in total. The molecule has 0 unspecified atom stereocenters. The predicted molar refractivity (Wildman–Crippen MR) is 78.0 cm³/mol. The molecule has 1 saturated heterocycles. The second-order valence-electron chi connectivity index (χ2n) is 7.25. The second kappa shape index (κ2) is 5.56. The van der Waals surface area contributed by atoms with Gasteiger partial charge in [0, 0.05) is 11.8 Å². The molecule has 0 aliphatic carbocycles. The SMILES string of the molecule is CC(C)(Oc1ncc(C2OC(C)(C)C(C)(C)O2)cc1F)C(F)(F)F. The molecule has 136 valence electrons. The highest BCUT2D eigenvalue weighted by Crippen LogP contribution is 2.45. The van der Waals surface area contributed by atoms with Crippen LogP contribution in [0.15, 0.2) is 12.3 Å². The third-order valence-corrected chi connectivity index (χ3v) is 4.39. The van der Waals surface area contributed by atoms with Crippen molar-refractivity contribution in [1.29, 1.82) is 0 Å². The van der Waals surface area contributed by atoms with Gasteiger partial charge in [0.15, 0.2) is 17.7 Å². The summed E-state index contributed by atoms with van der Waals surface area (Å²) in [7, 11) is 0. The number of halogens is 4. The minimum atomic E-state index is -4.66. The molecule has 1 fully saturated rings. The van der Waals surface area contributed by atoms with Gasteiger partial charge in [0.1, 0.15) is 0 Å². The molecule has 1 aliphatic heterocycles. The first-order chi connectivity index (χ1) is 10.7. The van der Waals surface area contributed by atoms with Gasteiger partial charge in [0.25, 0.3) is 5.88 Å². The van der Waals surface area contributed by atoms with E-state index in [0.29, 0.717) is 0 Å². The Kier molecular flexibility index (Phi) is 4.38. The van der Waals surface area contributed by atoms with Crippen molar-refractivity contribution in [2.24, 2.45) is 0 Å². The van der Waals surface area contributed by atoms with Gasteiger partial charge in [0.2, 0.25) is 0 Å². The van der Waals surface area contributed by atoms with Crippen LogP contribution in [0.25, 0.3) is 0 Å². The van der Waals surface area contributed by atoms with Crippen molar-refractivity contribution in [2.75, 3.05) is 0 Å². The molecule has 24 heavy (non-hydrogen) atoms. The molecule has 1 aromatic rings. The van der Waals surface area contributed by atoms with Crippen molar-refractivity contribution in [1.82, 2.24) is 4.98 Å². The Morgan fingerprint density at radius 3 is 2.00 bits per heavy atom. The van der Waals surface area contributed by atoms with Gasteiger partial charge in [-0.1, -0.05) is 0 Å². The van der Waals surface area contributed by atoms with Crippen LogP contribution in [0, 0.1) is 5.82 Å². The Morgan fingerprint density at radius 2 is 1.58 bits per heavy atom. The van der Waals surface area contributed by atoms with E-state index >= 15 is 0 Å². The topological polar surface area (TPSA) is 40.6 Å². The van der Waals surface area contributed by atoms with Crippen LogP contribution in [0.5, 0.6) is 5.88 Å². The van der Waals surface area contributed by atoms with Gasteiger partial charge in [-0.05, 0) is 47.6 Å². The van der Waals surface area contributed by atoms with E-state index in [-0.39, 0.29) is 5.56 Å². The number of alkyl halides is 3. The summed E-state index contributed by atoms with van der Waals surface area (Å²) in [4.78, 5) is 3.66. The van der Waals surface area contributed by atoms with Crippen molar-refractivity contribution in [3.63, 3.8) is 0 Å². The molecule has 0 aromatic carbocycles. The maximum Gasteiger partial charge on any atom is 0.427 e. The van der Waals surface area contributed by atoms with Crippen molar-refractivity contribution < 1.29 is 31.8 Å². The minimum Gasteiger partial charge on any atom is -0.460 e. The monoisotopic (exact) mass is 351 g/mol. The van der Waals surface area contributed by atoms with Gasteiger partial charge < -0.3 is 14.2 Å². The Balaban J connectivity index is 2.23. The molecule has 1 aliphatic rings. The van der Waals surface area contributed by atoms with Gasteiger partial charge in [0.05, 0.1) is 11.2 Å². The molecule has 2 rings (SSSR count). The van der Waals surface area contributed by atoms with E-state index < -0.39 is 41.0 Å². The fourth-order valence-corrected chi connectivity index (χ4v) is 1.92. The minimum absolute atomic E-state index is 0.267. The highest BCUT2D eigenvalue weighted by atomic mass is 19.4. The summed E-state index contributed by atoms with van der Waals surface area (Å²) < 4.78 is 68.8. The number of nitrogens with zero attached hydrogens (tertiary/aromatic N) is 1. The standard InChI is InChI=1S/C16H21F4NO3/c1-13(2)14(3,4)24-12(23-13)9-7-10(17)11(21-8-9)22-15(5,6)16(18,19)20/h7-8,12H,1-6H3. The largest absolute Gasteiger partial charge is 0.460 e. The number of aromatic nitrogens is 1. The Hall–Kier alpha value is -1.41. The number of ether oxygens (including phenoxy) is 3. The lowest BCUT2D eigenvalue weighted by Gasteiger charge is -2.30. The highest BCUT2D eigenvalue weighted by molar-refractivity contribution is 5.23. The van der Waals surface area contributed by atoms with Gasteiger partial charge in [-0.3, -0.25) is 0 Å². The van der Waals surface area contributed by atoms with Crippen LogP contribution in [0.4, 0.5) is 17.6 Å². The summed E-state index contributed by atoms with van der Waals surface area (Å²) in [6, 6.07) is 1.01. The summed E-state index contributed by atoms with van der Waals surface area (Å²) in [5, 5.41) is 0. The van der Waals surface area contributed by atoms with Crippen LogP contribution in [-0.4, -0.2) is 28.0 Å². The quantitative estimate of drug-likeness (QED) is 0.750. The van der Waals surface area contributed by atoms with E-state index in [2.05, 4.69) is 4.98 Å². The van der Waals surface area contributed by atoms with Gasteiger partial charge in [-0.2, -0.15) is 13.2 Å². The number of hydrogen-bond donors (Lipinski definition) is 0. The molecule has 0 amide bonds. The van der Waals surface area contributed by atoms with Crippen LogP contribution in [0.1, 0.15) is 53.4 Å². The maximum atomic E-state index is 14.1. The van der Waals surface area contributed by atoms with E-state index in [1.165, 1.54) is 6.20 Å². The Morgan fingerprint density at radius 1 is 1.08 bits per heavy atom. The first-order valence-corrected chi connectivity index (χ1v) is 7.43. The molecule has 0 spiro atoms. The molecule has 0 bridgehead atoms. The molecular weight excluding hydrogens is 330 g/mol. The fourth-order valence-electron chi connectivity index (χ4n) is 1.92. The third kappa shape index (κ3) is 3.35. The first kappa shape index (κ1) is 18.9. The molecular formula is C16H21F4NO3. The van der Waals surface area contributed by atoms with E-state index in [0.717, 1.165) is 19.9 Å². The molecule has 0 N–H and O–H groups in total. The van der Waals surface area contributed by atoms with E-state index in [1.807, 2.05) is 27.7 Å². The Labute approximate surface area is 138 Å². The number of rotatable bonds is 3. The lowest BCUT2D eigenvalue weighted by Crippen LogP contribution is -2.45. The second-order valence-corrected chi connectivity index (χ2v) is 7.25.